The van der Waals surface area contributed by atoms with Crippen LogP contribution in [0, 0.1) is 18.6 Å². The van der Waals surface area contributed by atoms with E-state index in [1.165, 1.54) is 19.2 Å². The van der Waals surface area contributed by atoms with Gasteiger partial charge in [-0.2, -0.15) is 0 Å². The number of hydrogen-bond acceptors (Lipinski definition) is 3. The molecule has 7 heteroatoms. The normalized spacial score (nSPS) is 10.9. The van der Waals surface area contributed by atoms with E-state index < -0.39 is 23.5 Å². The molecule has 0 unspecified atom stereocenters. The van der Waals surface area contributed by atoms with E-state index >= 15 is 0 Å². The summed E-state index contributed by atoms with van der Waals surface area (Å²) in [4.78, 5) is 24.3. The number of halogens is 2. The minimum absolute atomic E-state index is 0.269. The third-order valence-corrected chi connectivity index (χ3v) is 5.81. The maximum absolute atomic E-state index is 13.8. The van der Waals surface area contributed by atoms with E-state index in [9.17, 15) is 18.4 Å². The molecule has 0 radical (unpaired) electrons. The molecule has 0 fully saturated rings. The Morgan fingerprint density at radius 1 is 1.03 bits per heavy atom. The number of amides is 1. The predicted molar refractivity (Wildman–Crippen MR) is 123 cm³/mol. The van der Waals surface area contributed by atoms with Gasteiger partial charge in [0.1, 0.15) is 0 Å². The fourth-order valence-corrected chi connectivity index (χ4v) is 4.14. The molecule has 2 aromatic carbocycles. The van der Waals surface area contributed by atoms with Crippen LogP contribution in [0.4, 0.5) is 8.78 Å². The van der Waals surface area contributed by atoms with Crippen molar-refractivity contribution in [1.82, 2.24) is 4.57 Å². The Labute approximate surface area is 192 Å². The molecule has 0 bridgehead atoms. The summed E-state index contributed by atoms with van der Waals surface area (Å²) in [6.07, 6.45) is 3.60. The second-order valence-electron chi connectivity index (χ2n) is 8.01. The van der Waals surface area contributed by atoms with Gasteiger partial charge in [0.25, 0.3) is 5.91 Å². The monoisotopic (exact) mass is 454 g/mol. The first-order valence-corrected chi connectivity index (χ1v) is 10.9. The Morgan fingerprint density at radius 3 is 2.30 bits per heavy atom. The molecule has 0 aliphatic carbocycles. The summed E-state index contributed by atoms with van der Waals surface area (Å²) in [5, 5.41) is 0. The van der Waals surface area contributed by atoms with Gasteiger partial charge in [-0.25, -0.2) is 13.6 Å². The van der Waals surface area contributed by atoms with Crippen molar-refractivity contribution in [3.63, 3.8) is 0 Å². The number of carbonyl (C=O) groups excluding carboxylic acids is 2. The average molecular weight is 455 g/mol. The minimum atomic E-state index is -0.918. The number of benzene rings is 2. The van der Waals surface area contributed by atoms with Crippen LogP contribution in [0.2, 0.25) is 0 Å². The van der Waals surface area contributed by atoms with E-state index in [0.29, 0.717) is 34.4 Å². The van der Waals surface area contributed by atoms with Crippen molar-refractivity contribution in [3.05, 3.63) is 82.2 Å². The standard InChI is InChI=1S/C26H28F2N2O3/c1-4-5-6-7-22-24(18-9-11-19(12-10-18)26(32)33-3)23(25(29)31)16(2)30(22)15-17-8-13-20(27)21(28)14-17/h8-14H,4-7,15H2,1-3H3,(H2,29,31). The number of esters is 1. The van der Waals surface area contributed by atoms with Crippen LogP contribution < -0.4 is 5.73 Å². The molecular weight excluding hydrogens is 426 g/mol. The molecule has 0 aliphatic heterocycles. The van der Waals surface area contributed by atoms with Crippen molar-refractivity contribution in [2.75, 3.05) is 7.11 Å². The molecule has 1 aromatic heterocycles. The number of nitrogens with zero attached hydrogens (tertiary/aromatic N) is 1. The maximum atomic E-state index is 13.8. The minimum Gasteiger partial charge on any atom is -0.465 e. The molecule has 5 nitrogen and oxygen atoms in total. The lowest BCUT2D eigenvalue weighted by Crippen LogP contribution is -2.13. The summed E-state index contributed by atoms with van der Waals surface area (Å²) in [6.45, 7) is 4.17. The van der Waals surface area contributed by atoms with Gasteiger partial charge in [-0.05, 0) is 55.2 Å². The van der Waals surface area contributed by atoms with Gasteiger partial charge in [0, 0.05) is 23.5 Å². The second-order valence-corrected chi connectivity index (χ2v) is 8.01. The van der Waals surface area contributed by atoms with Crippen molar-refractivity contribution in [3.8, 4) is 11.1 Å². The quantitative estimate of drug-likeness (QED) is 0.347. The fourth-order valence-electron chi connectivity index (χ4n) is 4.14. The van der Waals surface area contributed by atoms with Crippen LogP contribution in [0.25, 0.3) is 11.1 Å². The topological polar surface area (TPSA) is 74.3 Å². The number of carbonyl (C=O) groups is 2. The van der Waals surface area contributed by atoms with E-state index in [2.05, 4.69) is 6.92 Å². The summed E-state index contributed by atoms with van der Waals surface area (Å²) in [5.74, 6) is -2.85. The molecule has 0 atom stereocenters. The summed E-state index contributed by atoms with van der Waals surface area (Å²) in [5.41, 5.74) is 10.1. The van der Waals surface area contributed by atoms with Gasteiger partial charge in [0.15, 0.2) is 11.6 Å². The Hall–Kier alpha value is -3.48. The zero-order chi connectivity index (χ0) is 24.1. The third kappa shape index (κ3) is 5.13. The van der Waals surface area contributed by atoms with Gasteiger partial charge in [-0.1, -0.05) is 38.0 Å². The highest BCUT2D eigenvalue weighted by Crippen LogP contribution is 2.35. The first kappa shape index (κ1) is 24.2. The molecule has 174 valence electrons. The number of methoxy groups -OCH3 is 1. The van der Waals surface area contributed by atoms with Gasteiger partial charge in [0.05, 0.1) is 18.2 Å². The van der Waals surface area contributed by atoms with Gasteiger partial charge < -0.3 is 15.0 Å². The Kier molecular flexibility index (Phi) is 7.63. The molecular formula is C26H28F2N2O3. The zero-order valence-corrected chi connectivity index (χ0v) is 19.1. The molecule has 33 heavy (non-hydrogen) atoms. The lowest BCUT2D eigenvalue weighted by molar-refractivity contribution is 0.0600. The van der Waals surface area contributed by atoms with E-state index in [1.807, 2.05) is 4.57 Å². The van der Waals surface area contributed by atoms with Gasteiger partial charge >= 0.3 is 5.97 Å². The number of hydrogen-bond donors (Lipinski definition) is 1. The van der Waals surface area contributed by atoms with Crippen molar-refractivity contribution in [2.45, 2.75) is 46.1 Å². The Balaban J connectivity index is 2.17. The summed E-state index contributed by atoms with van der Waals surface area (Å²) in [6, 6.07) is 10.6. The molecule has 0 spiro atoms. The van der Waals surface area contributed by atoms with Crippen molar-refractivity contribution in [2.24, 2.45) is 5.73 Å². The van der Waals surface area contributed by atoms with Crippen LogP contribution >= 0.6 is 0 Å². The van der Waals surface area contributed by atoms with Gasteiger partial charge in [0.2, 0.25) is 0 Å². The number of rotatable bonds is 9. The lowest BCUT2D eigenvalue weighted by atomic mass is 9.96. The first-order valence-electron chi connectivity index (χ1n) is 10.9. The summed E-state index contributed by atoms with van der Waals surface area (Å²) in [7, 11) is 1.31. The molecule has 3 aromatic rings. The molecule has 2 N–H and O–H groups in total. The largest absolute Gasteiger partial charge is 0.465 e. The smallest absolute Gasteiger partial charge is 0.337 e. The lowest BCUT2D eigenvalue weighted by Gasteiger charge is -2.14. The van der Waals surface area contributed by atoms with Crippen molar-refractivity contribution < 1.29 is 23.1 Å². The van der Waals surface area contributed by atoms with Crippen LogP contribution in [-0.2, 0) is 17.7 Å². The van der Waals surface area contributed by atoms with Crippen molar-refractivity contribution >= 4 is 11.9 Å². The maximum Gasteiger partial charge on any atom is 0.337 e. The zero-order valence-electron chi connectivity index (χ0n) is 19.1. The number of unbranched alkanes of at least 4 members (excludes halogenated alkanes) is 2. The Morgan fingerprint density at radius 2 is 1.73 bits per heavy atom. The van der Waals surface area contributed by atoms with E-state index in [0.717, 1.165) is 36.6 Å². The molecule has 1 heterocycles. The van der Waals surface area contributed by atoms with E-state index in [4.69, 9.17) is 10.5 Å². The highest BCUT2D eigenvalue weighted by atomic mass is 19.2. The van der Waals surface area contributed by atoms with Crippen LogP contribution in [0.3, 0.4) is 0 Å². The highest BCUT2D eigenvalue weighted by Gasteiger charge is 2.25. The number of primary amides is 1. The van der Waals surface area contributed by atoms with Crippen LogP contribution in [-0.4, -0.2) is 23.6 Å². The van der Waals surface area contributed by atoms with E-state index in [1.54, 1.807) is 31.2 Å². The fraction of sp³-hybridized carbons (Fsp3) is 0.308. The van der Waals surface area contributed by atoms with E-state index in [-0.39, 0.29) is 6.54 Å². The number of ether oxygens (including phenoxy) is 1. The average Bonchev–Trinajstić information content (AvgIpc) is 3.07. The third-order valence-electron chi connectivity index (χ3n) is 5.81. The van der Waals surface area contributed by atoms with Crippen LogP contribution in [0.15, 0.2) is 42.5 Å². The first-order chi connectivity index (χ1) is 15.8. The molecule has 0 saturated heterocycles. The van der Waals surface area contributed by atoms with Crippen molar-refractivity contribution in [1.29, 1.82) is 0 Å². The summed E-state index contributed by atoms with van der Waals surface area (Å²) < 4.78 is 34.0. The Bertz CT molecular complexity index is 1170. The molecule has 1 amide bonds. The summed E-state index contributed by atoms with van der Waals surface area (Å²) >= 11 is 0. The van der Waals surface area contributed by atoms with Crippen LogP contribution in [0.1, 0.15) is 63.9 Å². The molecule has 0 aliphatic rings. The number of aromatic nitrogens is 1. The highest BCUT2D eigenvalue weighted by molar-refractivity contribution is 6.02. The molecule has 0 saturated carbocycles. The molecule has 3 rings (SSSR count). The SMILES string of the molecule is CCCCCc1c(-c2ccc(C(=O)OC)cc2)c(C(N)=O)c(C)n1Cc1ccc(F)c(F)c1. The van der Waals surface area contributed by atoms with Gasteiger partial charge in [-0.15, -0.1) is 0 Å². The van der Waals surface area contributed by atoms with Gasteiger partial charge in [-0.3, -0.25) is 4.79 Å². The van der Waals surface area contributed by atoms with Crippen LogP contribution in [0.5, 0.6) is 0 Å². The second kappa shape index (κ2) is 10.4. The number of nitrogens with two attached hydrogens (primary N) is 1. The predicted octanol–water partition coefficient (Wildman–Crippen LogP) is 5.41.